The Bertz CT molecular complexity index is 1380. The van der Waals surface area contributed by atoms with Gasteiger partial charge in [-0.3, -0.25) is 14.4 Å². The zero-order valence-corrected chi connectivity index (χ0v) is 51.5. The van der Waals surface area contributed by atoms with Crippen LogP contribution >= 0.6 is 0 Å². The molecule has 0 spiro atoms. The first kappa shape index (κ1) is 74.1. The van der Waals surface area contributed by atoms with Crippen molar-refractivity contribution in [2.24, 2.45) is 0 Å². The van der Waals surface area contributed by atoms with E-state index in [1.54, 1.807) is 0 Å². The number of esters is 3. The Kier molecular flexibility index (Phi) is 63.2. The van der Waals surface area contributed by atoms with E-state index in [1.807, 2.05) is 0 Å². The van der Waals surface area contributed by atoms with Crippen molar-refractivity contribution in [3.8, 4) is 0 Å². The molecule has 77 heavy (non-hydrogen) atoms. The third-order valence-corrected chi connectivity index (χ3v) is 15.0. The minimum absolute atomic E-state index is 0.0765. The van der Waals surface area contributed by atoms with Crippen LogP contribution in [-0.4, -0.2) is 37.2 Å². The van der Waals surface area contributed by atoms with Gasteiger partial charge in [0.25, 0.3) is 0 Å². The predicted octanol–water partition coefficient (Wildman–Crippen LogP) is 23.1. The number of carbonyl (C=O) groups excluding carboxylic acids is 3. The van der Waals surface area contributed by atoms with Crippen molar-refractivity contribution in [2.75, 3.05) is 13.2 Å². The number of allylic oxidation sites excluding steroid dienone is 10. The second kappa shape index (κ2) is 65.6. The standard InChI is InChI=1S/C71H128O6/c1-4-7-10-13-16-19-22-25-28-31-33-34-35-36-38-40-43-46-49-52-55-58-61-64-70(73)76-67-68(66-75-69(72)63-60-57-54-51-48-45-42-39-30-27-24-21-18-15-12-9-6-3)77-71(74)65-62-59-56-53-50-47-44-41-37-32-29-26-23-20-17-14-11-8-5-2/h17,20,22,25-26,29,31,33,37,41,68H,4-16,18-19,21,23-24,27-28,30,32,34-36,38-40,42-67H2,1-3H3/b20-17-,25-22-,29-26-,33-31-,41-37-. The predicted molar refractivity (Wildman–Crippen MR) is 335 cm³/mol. The third kappa shape index (κ3) is 63.8. The number of carbonyl (C=O) groups is 3. The Labute approximate surface area is 479 Å². The second-order valence-electron chi connectivity index (χ2n) is 22.7. The Morgan fingerprint density at radius 1 is 0.260 bits per heavy atom. The molecule has 0 amide bonds. The molecular weight excluding hydrogens is 949 g/mol. The van der Waals surface area contributed by atoms with Crippen molar-refractivity contribution >= 4 is 17.9 Å². The van der Waals surface area contributed by atoms with Crippen molar-refractivity contribution < 1.29 is 28.6 Å². The number of unbranched alkanes of at least 4 members (excludes halogenated alkanes) is 41. The Balaban J connectivity index is 4.35. The maximum Gasteiger partial charge on any atom is 0.306 e. The first-order valence-corrected chi connectivity index (χ1v) is 33.8. The normalized spacial score (nSPS) is 12.4. The fourth-order valence-corrected chi connectivity index (χ4v) is 9.89. The largest absolute Gasteiger partial charge is 0.462 e. The summed E-state index contributed by atoms with van der Waals surface area (Å²) in [6, 6.07) is 0. The van der Waals surface area contributed by atoms with Gasteiger partial charge in [-0.2, -0.15) is 0 Å². The van der Waals surface area contributed by atoms with Gasteiger partial charge in [-0.1, -0.05) is 306 Å². The van der Waals surface area contributed by atoms with E-state index in [1.165, 1.54) is 225 Å². The minimum Gasteiger partial charge on any atom is -0.462 e. The lowest BCUT2D eigenvalue weighted by Gasteiger charge is -2.18. The summed E-state index contributed by atoms with van der Waals surface area (Å²) in [5.74, 6) is -0.869. The molecule has 0 aromatic heterocycles. The van der Waals surface area contributed by atoms with Gasteiger partial charge in [-0.15, -0.1) is 0 Å². The molecule has 6 heteroatoms. The molecule has 0 aliphatic carbocycles. The highest BCUT2D eigenvalue weighted by Gasteiger charge is 2.19. The summed E-state index contributed by atoms with van der Waals surface area (Å²) in [6.45, 7) is 6.65. The smallest absolute Gasteiger partial charge is 0.306 e. The van der Waals surface area contributed by atoms with Gasteiger partial charge in [-0.25, -0.2) is 0 Å². The lowest BCUT2D eigenvalue weighted by atomic mass is 10.0. The van der Waals surface area contributed by atoms with Crippen LogP contribution in [0.25, 0.3) is 0 Å². The van der Waals surface area contributed by atoms with Crippen molar-refractivity contribution in [1.29, 1.82) is 0 Å². The molecule has 1 unspecified atom stereocenters. The zero-order chi connectivity index (χ0) is 55.7. The van der Waals surface area contributed by atoms with Crippen molar-refractivity contribution in [2.45, 2.75) is 361 Å². The quantitative estimate of drug-likeness (QED) is 0.0261. The highest BCUT2D eigenvalue weighted by molar-refractivity contribution is 5.71. The molecule has 0 N–H and O–H groups in total. The molecule has 0 fully saturated rings. The van der Waals surface area contributed by atoms with E-state index in [9.17, 15) is 14.4 Å². The van der Waals surface area contributed by atoms with Crippen LogP contribution in [0.5, 0.6) is 0 Å². The van der Waals surface area contributed by atoms with Crippen LogP contribution in [0, 0.1) is 0 Å². The number of hydrogen-bond acceptors (Lipinski definition) is 6. The van der Waals surface area contributed by atoms with Gasteiger partial charge in [-0.05, 0) is 89.9 Å². The second-order valence-corrected chi connectivity index (χ2v) is 22.7. The summed E-state index contributed by atoms with van der Waals surface area (Å²) >= 11 is 0. The molecule has 448 valence electrons. The summed E-state index contributed by atoms with van der Waals surface area (Å²) < 4.78 is 17.0. The maximum absolute atomic E-state index is 12.9. The number of rotatable bonds is 62. The first-order valence-electron chi connectivity index (χ1n) is 33.8. The van der Waals surface area contributed by atoms with E-state index < -0.39 is 6.10 Å². The Morgan fingerprint density at radius 3 is 0.753 bits per heavy atom. The highest BCUT2D eigenvalue weighted by Crippen LogP contribution is 2.17. The van der Waals surface area contributed by atoms with Gasteiger partial charge >= 0.3 is 17.9 Å². The monoisotopic (exact) mass is 1080 g/mol. The SMILES string of the molecule is CCCCC/C=C\C/C=C\C/C=C\CCCCCCCCC(=O)OC(COC(=O)CCCCCCCCCCCCC/C=C\C/C=C\CCCCCCC)COC(=O)CCCCCCCCCCCCCCCCCCC. The van der Waals surface area contributed by atoms with Crippen molar-refractivity contribution in [1.82, 2.24) is 0 Å². The molecular formula is C71H128O6. The molecule has 0 radical (unpaired) electrons. The van der Waals surface area contributed by atoms with E-state index in [4.69, 9.17) is 14.2 Å². The summed E-state index contributed by atoms with van der Waals surface area (Å²) in [5, 5.41) is 0. The lowest BCUT2D eigenvalue weighted by Crippen LogP contribution is -2.30. The molecule has 0 bridgehead atoms. The van der Waals surface area contributed by atoms with Crippen LogP contribution in [-0.2, 0) is 28.6 Å². The minimum atomic E-state index is -0.782. The highest BCUT2D eigenvalue weighted by atomic mass is 16.6. The molecule has 0 saturated carbocycles. The van der Waals surface area contributed by atoms with Crippen molar-refractivity contribution in [3.05, 3.63) is 60.8 Å². The summed E-state index contributed by atoms with van der Waals surface area (Å²) in [4.78, 5) is 38.4. The molecule has 0 saturated heterocycles. The van der Waals surface area contributed by atoms with E-state index in [-0.39, 0.29) is 31.1 Å². The van der Waals surface area contributed by atoms with Gasteiger partial charge in [0.1, 0.15) is 13.2 Å². The van der Waals surface area contributed by atoms with Crippen LogP contribution < -0.4 is 0 Å². The van der Waals surface area contributed by atoms with Gasteiger partial charge < -0.3 is 14.2 Å². The zero-order valence-electron chi connectivity index (χ0n) is 51.5. The maximum atomic E-state index is 12.9. The van der Waals surface area contributed by atoms with Crippen LogP contribution in [0.15, 0.2) is 60.8 Å². The fraction of sp³-hybridized carbons (Fsp3) is 0.817. The van der Waals surface area contributed by atoms with Gasteiger partial charge in [0.2, 0.25) is 0 Å². The van der Waals surface area contributed by atoms with E-state index in [0.29, 0.717) is 19.3 Å². The summed E-state index contributed by atoms with van der Waals surface area (Å²) in [7, 11) is 0. The van der Waals surface area contributed by atoms with Gasteiger partial charge in [0, 0.05) is 19.3 Å². The Hall–Kier alpha value is -2.89. The van der Waals surface area contributed by atoms with Crippen LogP contribution in [0.1, 0.15) is 355 Å². The first-order chi connectivity index (χ1) is 38.0. The average Bonchev–Trinajstić information content (AvgIpc) is 3.43. The summed E-state index contributed by atoms with van der Waals surface area (Å²) in [5.41, 5.74) is 0. The molecule has 0 aliphatic rings. The molecule has 0 aromatic carbocycles. The number of hydrogen-bond donors (Lipinski definition) is 0. The molecule has 0 heterocycles. The molecule has 0 rings (SSSR count). The number of ether oxygens (including phenoxy) is 3. The topological polar surface area (TPSA) is 78.9 Å². The van der Waals surface area contributed by atoms with Gasteiger partial charge in [0.15, 0.2) is 6.10 Å². The van der Waals surface area contributed by atoms with E-state index in [2.05, 4.69) is 81.5 Å². The lowest BCUT2D eigenvalue weighted by molar-refractivity contribution is -0.167. The van der Waals surface area contributed by atoms with Crippen LogP contribution in [0.4, 0.5) is 0 Å². The molecule has 0 aliphatic heterocycles. The average molecular weight is 1080 g/mol. The van der Waals surface area contributed by atoms with E-state index in [0.717, 1.165) is 89.9 Å². The van der Waals surface area contributed by atoms with Gasteiger partial charge in [0.05, 0.1) is 0 Å². The Morgan fingerprint density at radius 2 is 0.468 bits per heavy atom. The molecule has 0 aromatic rings. The molecule has 1 atom stereocenters. The van der Waals surface area contributed by atoms with Crippen LogP contribution in [0.2, 0.25) is 0 Å². The third-order valence-electron chi connectivity index (χ3n) is 15.0. The fourth-order valence-electron chi connectivity index (χ4n) is 9.89. The summed E-state index contributed by atoms with van der Waals surface area (Å²) in [6.07, 6.45) is 83.7. The van der Waals surface area contributed by atoms with Crippen LogP contribution in [0.3, 0.4) is 0 Å². The van der Waals surface area contributed by atoms with Crippen molar-refractivity contribution in [3.63, 3.8) is 0 Å². The molecule has 6 nitrogen and oxygen atoms in total. The van der Waals surface area contributed by atoms with E-state index >= 15 is 0 Å².